The van der Waals surface area contributed by atoms with Gasteiger partial charge in [0.2, 0.25) is 0 Å². The van der Waals surface area contributed by atoms with E-state index in [0.29, 0.717) is 11.1 Å². The molecular weight excluding hydrogens is 378 g/mol. The SMILES string of the molecule is CC1=C(c2ccccc2)[C@]2(C#N)C(=C(c3ccccc3)C1=O)C(C)=C2c1ccccc1. The lowest BCUT2D eigenvalue weighted by atomic mass is 9.50. The molecule has 0 N–H and O–H groups in total. The smallest absolute Gasteiger partial charge is 0.190 e. The summed E-state index contributed by atoms with van der Waals surface area (Å²) >= 11 is 0. The summed E-state index contributed by atoms with van der Waals surface area (Å²) in [4.78, 5) is 13.7. The summed E-state index contributed by atoms with van der Waals surface area (Å²) < 4.78 is 0. The number of nitriles is 1. The maximum Gasteiger partial charge on any atom is 0.190 e. The van der Waals surface area contributed by atoms with Crippen LogP contribution in [0.3, 0.4) is 0 Å². The Morgan fingerprint density at radius 3 is 1.48 bits per heavy atom. The third-order valence-electron chi connectivity index (χ3n) is 6.42. The van der Waals surface area contributed by atoms with E-state index < -0.39 is 5.41 Å². The lowest BCUT2D eigenvalue weighted by Crippen LogP contribution is -2.40. The monoisotopic (exact) mass is 399 g/mol. The molecule has 0 bridgehead atoms. The molecular formula is C29H21NO. The molecule has 2 aliphatic carbocycles. The Balaban J connectivity index is 1.91. The molecule has 0 amide bonds. The maximum atomic E-state index is 13.7. The Bertz CT molecular complexity index is 1340. The molecule has 0 fully saturated rings. The summed E-state index contributed by atoms with van der Waals surface area (Å²) in [6.07, 6.45) is 0. The lowest BCUT2D eigenvalue weighted by Gasteiger charge is -2.49. The fourth-order valence-electron chi connectivity index (χ4n) is 5.19. The highest BCUT2D eigenvalue weighted by molar-refractivity contribution is 6.37. The van der Waals surface area contributed by atoms with Crippen LogP contribution in [-0.4, -0.2) is 5.78 Å². The number of ketones is 1. The Labute approximate surface area is 182 Å². The molecule has 5 rings (SSSR count). The van der Waals surface area contributed by atoms with Crippen LogP contribution in [0.1, 0.15) is 30.5 Å². The molecule has 0 heterocycles. The van der Waals surface area contributed by atoms with Gasteiger partial charge >= 0.3 is 0 Å². The van der Waals surface area contributed by atoms with Crippen molar-refractivity contribution in [1.82, 2.24) is 0 Å². The highest BCUT2D eigenvalue weighted by atomic mass is 16.1. The number of allylic oxidation sites excluding steroid dienone is 6. The fourth-order valence-corrected chi connectivity index (χ4v) is 5.19. The average molecular weight is 399 g/mol. The van der Waals surface area contributed by atoms with E-state index in [4.69, 9.17) is 0 Å². The average Bonchev–Trinajstić information content (AvgIpc) is 2.82. The van der Waals surface area contributed by atoms with E-state index in [-0.39, 0.29) is 5.78 Å². The van der Waals surface area contributed by atoms with Gasteiger partial charge in [-0.1, -0.05) is 91.0 Å². The molecule has 0 spiro atoms. The van der Waals surface area contributed by atoms with Crippen LogP contribution in [0, 0.1) is 16.7 Å². The van der Waals surface area contributed by atoms with E-state index in [2.05, 4.69) is 6.07 Å². The standard InChI is InChI=1S/C29H21NO/c1-19-25(22-14-8-4-9-15-22)29(18-30)26(23-16-10-5-11-17-23)20(2)28(31)24(27(19)29)21-12-6-3-7-13-21/h3-17H,1-2H3/t29-/m1/s1. The van der Waals surface area contributed by atoms with E-state index >= 15 is 0 Å². The Morgan fingerprint density at radius 2 is 1.03 bits per heavy atom. The highest BCUT2D eigenvalue weighted by Crippen LogP contribution is 2.66. The van der Waals surface area contributed by atoms with Crippen molar-refractivity contribution in [2.45, 2.75) is 13.8 Å². The number of fused-ring (bicyclic) bond motifs is 1. The van der Waals surface area contributed by atoms with Crippen molar-refractivity contribution in [1.29, 1.82) is 5.26 Å². The Kier molecular flexibility index (Phi) is 4.34. The molecule has 31 heavy (non-hydrogen) atoms. The molecule has 0 aliphatic heterocycles. The van der Waals surface area contributed by atoms with Crippen LogP contribution in [0.5, 0.6) is 0 Å². The van der Waals surface area contributed by atoms with Crippen LogP contribution < -0.4 is 0 Å². The third kappa shape index (κ3) is 2.54. The van der Waals surface area contributed by atoms with Crippen molar-refractivity contribution in [3.05, 3.63) is 124 Å². The molecule has 148 valence electrons. The number of carbonyl (C=O) groups excluding carboxylic acids is 1. The summed E-state index contributed by atoms with van der Waals surface area (Å²) in [5.41, 5.74) is 6.76. The topological polar surface area (TPSA) is 40.9 Å². The zero-order valence-corrected chi connectivity index (χ0v) is 17.5. The van der Waals surface area contributed by atoms with Crippen LogP contribution in [-0.2, 0) is 4.79 Å². The highest BCUT2D eigenvalue weighted by Gasteiger charge is 2.57. The molecule has 0 saturated carbocycles. The van der Waals surface area contributed by atoms with E-state index in [1.807, 2.05) is 105 Å². The molecule has 3 aromatic carbocycles. The van der Waals surface area contributed by atoms with Gasteiger partial charge in [0, 0.05) is 11.1 Å². The van der Waals surface area contributed by atoms with Crippen molar-refractivity contribution < 1.29 is 4.79 Å². The van der Waals surface area contributed by atoms with E-state index in [9.17, 15) is 10.1 Å². The largest absolute Gasteiger partial charge is 0.289 e. The van der Waals surface area contributed by atoms with Crippen LogP contribution in [0.4, 0.5) is 0 Å². The van der Waals surface area contributed by atoms with Crippen molar-refractivity contribution in [3.8, 4) is 6.07 Å². The minimum atomic E-state index is -0.976. The first kappa shape index (κ1) is 19.0. The minimum absolute atomic E-state index is 0.00242. The first-order valence-corrected chi connectivity index (χ1v) is 10.4. The van der Waals surface area contributed by atoms with Gasteiger partial charge in [-0.15, -0.1) is 0 Å². The van der Waals surface area contributed by atoms with E-state index in [1.165, 1.54) is 0 Å². The van der Waals surface area contributed by atoms with Gasteiger partial charge in [-0.2, -0.15) is 5.26 Å². The van der Waals surface area contributed by atoms with Crippen LogP contribution in [0.15, 0.2) is 108 Å². The molecule has 0 saturated heterocycles. The first-order chi connectivity index (χ1) is 15.1. The molecule has 2 heteroatoms. The summed E-state index contributed by atoms with van der Waals surface area (Å²) in [6, 6.07) is 32.3. The van der Waals surface area contributed by atoms with Gasteiger partial charge in [0.25, 0.3) is 0 Å². The van der Waals surface area contributed by atoms with Crippen LogP contribution in [0.2, 0.25) is 0 Å². The van der Waals surface area contributed by atoms with Gasteiger partial charge in [0.05, 0.1) is 6.07 Å². The number of hydrogen-bond acceptors (Lipinski definition) is 2. The zero-order valence-electron chi connectivity index (χ0n) is 17.5. The number of Topliss-reactive ketones (excluding diaryl/α,β-unsaturated/α-hetero) is 1. The second kappa shape index (κ2) is 7.07. The van der Waals surface area contributed by atoms with Crippen molar-refractivity contribution in [2.24, 2.45) is 5.41 Å². The van der Waals surface area contributed by atoms with E-state index in [0.717, 1.165) is 39.0 Å². The summed E-state index contributed by atoms with van der Waals surface area (Å²) in [6.45, 7) is 3.90. The second-order valence-electron chi connectivity index (χ2n) is 8.04. The van der Waals surface area contributed by atoms with Crippen LogP contribution >= 0.6 is 0 Å². The molecule has 0 radical (unpaired) electrons. The van der Waals surface area contributed by atoms with Gasteiger partial charge in [-0.05, 0) is 52.8 Å². The van der Waals surface area contributed by atoms with Gasteiger partial charge in [0.1, 0.15) is 5.41 Å². The van der Waals surface area contributed by atoms with E-state index in [1.54, 1.807) is 0 Å². The summed E-state index contributed by atoms with van der Waals surface area (Å²) in [7, 11) is 0. The lowest BCUT2D eigenvalue weighted by molar-refractivity contribution is -0.110. The summed E-state index contributed by atoms with van der Waals surface area (Å²) in [5.74, 6) is -0.00242. The quantitative estimate of drug-likeness (QED) is 0.505. The minimum Gasteiger partial charge on any atom is -0.289 e. The van der Waals surface area contributed by atoms with Gasteiger partial charge < -0.3 is 0 Å². The summed E-state index contributed by atoms with van der Waals surface area (Å²) in [5, 5.41) is 10.8. The molecule has 3 aromatic rings. The fraction of sp³-hybridized carbons (Fsp3) is 0.103. The van der Waals surface area contributed by atoms with Crippen molar-refractivity contribution >= 4 is 22.5 Å². The molecule has 2 nitrogen and oxygen atoms in total. The molecule has 0 unspecified atom stereocenters. The predicted octanol–water partition coefficient (Wildman–Crippen LogP) is 6.49. The number of rotatable bonds is 3. The number of nitrogens with zero attached hydrogens (tertiary/aromatic N) is 1. The Hall–Kier alpha value is -3.96. The molecule has 0 aromatic heterocycles. The van der Waals surface area contributed by atoms with Gasteiger partial charge in [0.15, 0.2) is 5.78 Å². The number of hydrogen-bond donors (Lipinski definition) is 0. The maximum absolute atomic E-state index is 13.7. The Morgan fingerprint density at radius 1 is 0.613 bits per heavy atom. The van der Waals surface area contributed by atoms with Crippen LogP contribution in [0.25, 0.3) is 16.7 Å². The zero-order chi connectivity index (χ0) is 21.6. The number of carbonyl (C=O) groups is 1. The van der Waals surface area contributed by atoms with Crippen molar-refractivity contribution in [2.75, 3.05) is 0 Å². The van der Waals surface area contributed by atoms with Gasteiger partial charge in [-0.25, -0.2) is 0 Å². The predicted molar refractivity (Wildman–Crippen MR) is 124 cm³/mol. The second-order valence-corrected chi connectivity index (χ2v) is 8.04. The third-order valence-corrected chi connectivity index (χ3v) is 6.42. The number of benzene rings is 3. The molecule has 1 atom stereocenters. The molecule has 2 aliphatic rings. The van der Waals surface area contributed by atoms with Gasteiger partial charge in [-0.3, -0.25) is 4.79 Å². The first-order valence-electron chi connectivity index (χ1n) is 10.4. The normalized spacial score (nSPS) is 20.4. The van der Waals surface area contributed by atoms with Crippen molar-refractivity contribution in [3.63, 3.8) is 0 Å².